The van der Waals surface area contributed by atoms with Crippen LogP contribution in [0.1, 0.15) is 15.9 Å². The first kappa shape index (κ1) is 23.6. The zero-order chi connectivity index (χ0) is 25.3. The minimum atomic E-state index is -0.976. The number of carbonyl (C=O) groups excluding carboxylic acids is 1. The van der Waals surface area contributed by atoms with Gasteiger partial charge in [-0.1, -0.05) is 6.07 Å². The van der Waals surface area contributed by atoms with Crippen molar-refractivity contribution in [2.24, 2.45) is 0 Å². The molecule has 176 valence electrons. The van der Waals surface area contributed by atoms with E-state index in [1.54, 1.807) is 18.2 Å². The Balaban J connectivity index is 2.18. The fourth-order valence-electron chi connectivity index (χ4n) is 4.13. The summed E-state index contributed by atoms with van der Waals surface area (Å²) >= 11 is 0. The van der Waals surface area contributed by atoms with Crippen LogP contribution in [0.25, 0.3) is 39.0 Å². The van der Waals surface area contributed by atoms with Crippen LogP contribution in [0.3, 0.4) is 0 Å². The van der Waals surface area contributed by atoms with Gasteiger partial charge in [0.25, 0.3) is 5.78 Å². The number of ketones is 1. The van der Waals surface area contributed by atoms with Crippen molar-refractivity contribution < 1.29 is 23.9 Å². The molecule has 4 rings (SSSR count). The maximum atomic E-state index is 12.9. The van der Waals surface area contributed by atoms with Gasteiger partial charge < -0.3 is 20.0 Å². The molecule has 2 aromatic carbocycles. The van der Waals surface area contributed by atoms with E-state index in [1.165, 1.54) is 0 Å². The normalized spacial score (nSPS) is 10.7. The monoisotopic (exact) mass is 469 g/mol. The second-order valence-electron chi connectivity index (χ2n) is 8.69. The number of carbonyl (C=O) groups is 2. The van der Waals surface area contributed by atoms with Gasteiger partial charge in [0.05, 0.1) is 12.5 Å². The molecule has 0 unspecified atom stereocenters. The lowest BCUT2D eigenvalue weighted by Gasteiger charge is -2.19. The quantitative estimate of drug-likeness (QED) is 0.116. The second kappa shape index (κ2) is 9.37. The highest BCUT2D eigenvalue weighted by atomic mass is 16.4. The molecule has 0 aromatic heterocycles. The van der Waals surface area contributed by atoms with Gasteiger partial charge in [0.2, 0.25) is 5.36 Å². The number of carboxylic acids is 1. The molecule has 8 heteroatoms. The van der Waals surface area contributed by atoms with Crippen LogP contribution in [0.2, 0.25) is 0 Å². The highest BCUT2D eigenvalue weighted by Gasteiger charge is 2.23. The Hall–Kier alpha value is -4.55. The average Bonchev–Trinajstić information content (AvgIpc) is 2.81. The van der Waals surface area contributed by atoms with Crippen LogP contribution in [0.15, 0.2) is 59.0 Å². The summed E-state index contributed by atoms with van der Waals surface area (Å²) in [6.45, 7) is 0. The van der Waals surface area contributed by atoms with Crippen molar-refractivity contribution in [3.63, 3.8) is 0 Å². The molecule has 35 heavy (non-hydrogen) atoms. The molecular weight excluding hydrogens is 444 g/mol. The van der Waals surface area contributed by atoms with E-state index in [4.69, 9.17) is 9.95 Å². The molecule has 0 bridgehead atoms. The largest absolute Gasteiger partial charge is 0.481 e. The highest BCUT2D eigenvalue weighted by Crippen LogP contribution is 2.42. The Kier molecular flexibility index (Phi) is 6.32. The number of fused-ring (bicyclic) bond motifs is 2. The zero-order valence-corrected chi connectivity index (χ0v) is 19.9. The number of carboxylic acid groups (broad SMARTS) is 1. The minimum Gasteiger partial charge on any atom is -0.481 e. The first-order chi connectivity index (χ1) is 16.7. The molecule has 1 heterocycles. The number of Topliss-reactive ketones (excluding diaryl/α,β-unsaturated/α-hetero) is 1. The van der Waals surface area contributed by atoms with E-state index >= 15 is 0 Å². The molecular formula is C27H25N4O4+. The van der Waals surface area contributed by atoms with E-state index in [2.05, 4.69) is 4.79 Å². The summed E-state index contributed by atoms with van der Waals surface area (Å²) in [6, 6.07) is 16.5. The second-order valence-corrected chi connectivity index (χ2v) is 8.69. The van der Waals surface area contributed by atoms with E-state index in [1.807, 2.05) is 74.1 Å². The Labute approximate surface area is 201 Å². The molecule has 0 atom stereocenters. The number of nitrogens with zero attached hydrogens (tertiary/aromatic N) is 4. The van der Waals surface area contributed by atoms with Gasteiger partial charge in [0.15, 0.2) is 0 Å². The van der Waals surface area contributed by atoms with Crippen LogP contribution < -0.4 is 14.8 Å². The van der Waals surface area contributed by atoms with Gasteiger partial charge in [-0.25, -0.2) is 4.58 Å². The molecule has 1 aliphatic heterocycles. The molecule has 0 amide bonds. The topological polar surface area (TPSA) is 110 Å². The van der Waals surface area contributed by atoms with Crippen molar-refractivity contribution in [2.45, 2.75) is 6.42 Å². The van der Waals surface area contributed by atoms with Crippen LogP contribution in [-0.4, -0.2) is 56.1 Å². The molecule has 0 spiro atoms. The van der Waals surface area contributed by atoms with Crippen molar-refractivity contribution in [3.05, 3.63) is 76.6 Å². The van der Waals surface area contributed by atoms with Gasteiger partial charge in [-0.3, -0.25) is 9.59 Å². The Morgan fingerprint density at radius 1 is 1.06 bits per heavy atom. The number of aliphatic carboxylic acids is 1. The van der Waals surface area contributed by atoms with Gasteiger partial charge in [-0.15, -0.1) is 0 Å². The predicted octanol–water partition coefficient (Wildman–Crippen LogP) is 3.41. The molecule has 8 nitrogen and oxygen atoms in total. The van der Waals surface area contributed by atoms with E-state index in [-0.39, 0.29) is 6.42 Å². The van der Waals surface area contributed by atoms with Crippen LogP contribution in [0.5, 0.6) is 0 Å². The summed E-state index contributed by atoms with van der Waals surface area (Å²) in [5.74, 6) is -0.857. The maximum absolute atomic E-state index is 12.9. The minimum absolute atomic E-state index is 0.196. The smallest absolute Gasteiger partial charge is 0.328 e. The van der Waals surface area contributed by atoms with Crippen LogP contribution in [0.4, 0.5) is 5.69 Å². The molecule has 2 aliphatic rings. The lowest BCUT2D eigenvalue weighted by Crippen LogP contribution is -2.21. The van der Waals surface area contributed by atoms with Gasteiger partial charge in [-0.2, -0.15) is 4.79 Å². The number of hydrogen-bond donors (Lipinski definition) is 1. The number of anilines is 1. The first-order valence-corrected chi connectivity index (χ1v) is 10.9. The lowest BCUT2D eigenvalue weighted by molar-refractivity contribution is -0.136. The molecule has 1 N–H and O–H groups in total. The average molecular weight is 470 g/mol. The van der Waals surface area contributed by atoms with Crippen LogP contribution >= 0.6 is 0 Å². The molecule has 0 saturated carbocycles. The third-order valence-electron chi connectivity index (χ3n) is 5.87. The summed E-state index contributed by atoms with van der Waals surface area (Å²) in [7, 11) is 7.75. The first-order valence-electron chi connectivity index (χ1n) is 10.9. The highest BCUT2D eigenvalue weighted by molar-refractivity contribution is 6.35. The number of hydrogen-bond acceptors (Lipinski definition) is 4. The summed E-state index contributed by atoms with van der Waals surface area (Å²) < 4.78 is 8.30. The van der Waals surface area contributed by atoms with Gasteiger partial charge in [0.1, 0.15) is 25.4 Å². The van der Waals surface area contributed by atoms with E-state index in [0.717, 1.165) is 33.8 Å². The predicted molar refractivity (Wildman–Crippen MR) is 135 cm³/mol. The number of rotatable bonds is 6. The fraction of sp³-hybridized carbons (Fsp3) is 0.185. The van der Waals surface area contributed by atoms with Crippen molar-refractivity contribution >= 4 is 34.6 Å². The molecule has 0 fully saturated rings. The van der Waals surface area contributed by atoms with Gasteiger partial charge in [0, 0.05) is 54.0 Å². The van der Waals surface area contributed by atoms with Crippen molar-refractivity contribution in [1.82, 2.24) is 4.58 Å². The van der Waals surface area contributed by atoms with Crippen LogP contribution in [0, 0.1) is 0 Å². The fourth-order valence-corrected chi connectivity index (χ4v) is 4.13. The van der Waals surface area contributed by atoms with Crippen LogP contribution in [-0.2, 0) is 11.2 Å². The van der Waals surface area contributed by atoms with E-state index in [9.17, 15) is 14.7 Å². The maximum Gasteiger partial charge on any atom is 0.328 e. The summed E-state index contributed by atoms with van der Waals surface area (Å²) in [4.78, 5) is 29.2. The lowest BCUT2D eigenvalue weighted by atomic mass is 9.88. The van der Waals surface area contributed by atoms with Crippen molar-refractivity contribution in [2.75, 3.05) is 33.1 Å². The molecule has 0 saturated heterocycles. The Morgan fingerprint density at radius 3 is 2.49 bits per heavy atom. The van der Waals surface area contributed by atoms with Gasteiger partial charge in [-0.05, 0) is 41.5 Å². The standard InChI is InChI=1S/C27H24N4O4/c1-30(2)17-6-9-20-24(13-17)35-25-14-18(31(3)4)7-10-21(25)27(20)22-11-16(12-26(33)34)5-8-19(22)23(32)15-29-28/h5-11,13-15H,12H2,1-4H3/p+1. The van der Waals surface area contributed by atoms with E-state index < -0.39 is 11.8 Å². The zero-order valence-electron chi connectivity index (χ0n) is 19.9. The molecule has 2 aromatic rings. The summed E-state index contributed by atoms with van der Waals surface area (Å²) in [5.41, 5.74) is 13.4. The van der Waals surface area contributed by atoms with Crippen molar-refractivity contribution in [3.8, 4) is 22.5 Å². The Morgan fingerprint density at radius 2 is 1.83 bits per heavy atom. The Bertz CT molecular complexity index is 1570. The third-order valence-corrected chi connectivity index (χ3v) is 5.87. The van der Waals surface area contributed by atoms with E-state index in [0.29, 0.717) is 28.0 Å². The third kappa shape index (κ3) is 4.60. The molecule has 0 radical (unpaired) electrons. The van der Waals surface area contributed by atoms with Crippen molar-refractivity contribution in [1.29, 1.82) is 0 Å². The van der Waals surface area contributed by atoms with Gasteiger partial charge >= 0.3 is 12.2 Å². The number of benzene rings is 3. The molecule has 1 aliphatic carbocycles. The SMILES string of the molecule is CN(C)c1ccc2c(-c3cc(CC(=O)O)ccc3C(=O)C=[N+]=[N-])c3ccc(=[N+](C)C)cc-3oc2c1. The summed E-state index contributed by atoms with van der Waals surface area (Å²) in [5, 5.41) is 11.1. The summed E-state index contributed by atoms with van der Waals surface area (Å²) in [6.07, 6.45) is 0.639.